The maximum Gasteiger partial charge on any atom is 0.338 e. The van der Waals surface area contributed by atoms with Gasteiger partial charge in [0.1, 0.15) is 6.10 Å². The lowest BCUT2D eigenvalue weighted by atomic mass is 9.75. The van der Waals surface area contributed by atoms with Gasteiger partial charge in [0.05, 0.1) is 23.1 Å². The van der Waals surface area contributed by atoms with E-state index in [1.165, 1.54) is 11.3 Å². The Labute approximate surface area is 184 Å². The number of imide groups is 1. The SMILES string of the molecule is CC(C)[C@H]1CC[C@@H](C)C[C@H]1OC(=O)c1cccc(N2C(=O)[C@@H]3[C@@H]4CC[C@@H](C4)[C@@H]3C2=O)c1. The van der Waals surface area contributed by atoms with Gasteiger partial charge in [-0.3, -0.25) is 14.5 Å². The first kappa shape index (κ1) is 20.7. The van der Waals surface area contributed by atoms with Gasteiger partial charge in [0, 0.05) is 0 Å². The summed E-state index contributed by atoms with van der Waals surface area (Å²) in [6.45, 7) is 6.60. The number of amides is 2. The van der Waals surface area contributed by atoms with Crippen LogP contribution in [0.3, 0.4) is 0 Å². The number of esters is 1. The van der Waals surface area contributed by atoms with Crippen LogP contribution in [0, 0.1) is 41.4 Å². The van der Waals surface area contributed by atoms with E-state index < -0.39 is 0 Å². The maximum atomic E-state index is 13.1. The number of hydrogen-bond donors (Lipinski definition) is 0. The van der Waals surface area contributed by atoms with Crippen molar-refractivity contribution in [3.63, 3.8) is 0 Å². The molecule has 5 nitrogen and oxygen atoms in total. The van der Waals surface area contributed by atoms with Gasteiger partial charge in [-0.25, -0.2) is 4.79 Å². The summed E-state index contributed by atoms with van der Waals surface area (Å²) in [6, 6.07) is 6.89. The van der Waals surface area contributed by atoms with Crippen LogP contribution in [-0.4, -0.2) is 23.9 Å². The van der Waals surface area contributed by atoms with Crippen LogP contribution in [0.1, 0.15) is 69.7 Å². The molecule has 4 aliphatic rings. The smallest absolute Gasteiger partial charge is 0.338 e. The number of fused-ring (bicyclic) bond motifs is 5. The van der Waals surface area contributed by atoms with Crippen LogP contribution in [0.15, 0.2) is 24.3 Å². The molecule has 5 heteroatoms. The lowest BCUT2D eigenvalue weighted by Crippen LogP contribution is -2.36. The Morgan fingerprint density at radius 2 is 1.68 bits per heavy atom. The van der Waals surface area contributed by atoms with E-state index in [9.17, 15) is 14.4 Å². The molecule has 7 atom stereocenters. The van der Waals surface area contributed by atoms with Gasteiger partial charge >= 0.3 is 5.97 Å². The van der Waals surface area contributed by atoms with Gasteiger partial charge in [0.25, 0.3) is 0 Å². The molecule has 0 aromatic heterocycles. The molecule has 5 rings (SSSR count). The van der Waals surface area contributed by atoms with Gasteiger partial charge in [-0.15, -0.1) is 0 Å². The monoisotopic (exact) mass is 423 g/mol. The van der Waals surface area contributed by atoms with Crippen molar-refractivity contribution < 1.29 is 19.1 Å². The molecule has 1 heterocycles. The standard InChI is InChI=1S/C26H33NO4/c1-14(2)20-10-7-15(3)11-21(20)31-26(30)18-5-4-6-19(13-18)27-24(28)22-16-8-9-17(12-16)23(22)25(27)29/h4-6,13-17,20-23H,7-12H2,1-3H3/t15-,16-,17+,20-,21-,22-,23+/m1/s1. The van der Waals surface area contributed by atoms with Gasteiger partial charge in [-0.05, 0) is 79.9 Å². The maximum absolute atomic E-state index is 13.1. The van der Waals surface area contributed by atoms with Crippen molar-refractivity contribution in [2.45, 2.75) is 65.4 Å². The zero-order valence-electron chi connectivity index (χ0n) is 18.8. The van der Waals surface area contributed by atoms with E-state index in [0.717, 1.165) is 32.1 Å². The molecule has 3 aliphatic carbocycles. The molecule has 166 valence electrons. The van der Waals surface area contributed by atoms with Crippen LogP contribution in [0.2, 0.25) is 0 Å². The highest BCUT2D eigenvalue weighted by Gasteiger charge is 2.61. The second-order valence-electron chi connectivity index (χ2n) is 10.7. The molecular weight excluding hydrogens is 390 g/mol. The number of anilines is 1. The van der Waals surface area contributed by atoms with E-state index in [4.69, 9.17) is 4.74 Å². The summed E-state index contributed by atoms with van der Waals surface area (Å²) in [7, 11) is 0. The zero-order valence-corrected chi connectivity index (χ0v) is 18.8. The fourth-order valence-electron chi connectivity index (χ4n) is 6.89. The Balaban J connectivity index is 1.35. The highest BCUT2D eigenvalue weighted by atomic mass is 16.5. The van der Waals surface area contributed by atoms with Gasteiger partial charge in [0.15, 0.2) is 0 Å². The molecule has 3 saturated carbocycles. The van der Waals surface area contributed by atoms with Crippen molar-refractivity contribution in [3.8, 4) is 0 Å². The highest BCUT2D eigenvalue weighted by Crippen LogP contribution is 2.56. The third-order valence-corrected chi connectivity index (χ3v) is 8.49. The molecule has 1 saturated heterocycles. The fraction of sp³-hybridized carbons (Fsp3) is 0.654. The average Bonchev–Trinajstić information content (AvgIpc) is 3.41. The minimum atomic E-state index is -0.356. The van der Waals surface area contributed by atoms with Gasteiger partial charge in [-0.2, -0.15) is 0 Å². The molecule has 31 heavy (non-hydrogen) atoms. The van der Waals surface area contributed by atoms with Crippen molar-refractivity contribution in [1.29, 1.82) is 0 Å². The highest BCUT2D eigenvalue weighted by molar-refractivity contribution is 6.22. The normalized spacial score (nSPS) is 36.9. The molecule has 0 unspecified atom stereocenters. The molecule has 2 amide bonds. The van der Waals surface area contributed by atoms with Crippen LogP contribution < -0.4 is 4.90 Å². The Morgan fingerprint density at radius 3 is 2.32 bits per heavy atom. The van der Waals surface area contributed by atoms with E-state index in [-0.39, 0.29) is 35.7 Å². The zero-order chi connectivity index (χ0) is 21.9. The van der Waals surface area contributed by atoms with Gasteiger partial charge in [0.2, 0.25) is 11.8 Å². The third-order valence-electron chi connectivity index (χ3n) is 8.49. The molecule has 0 spiro atoms. The Hall–Kier alpha value is -2.17. The summed E-state index contributed by atoms with van der Waals surface area (Å²) < 4.78 is 5.98. The molecule has 1 aromatic carbocycles. The lowest BCUT2D eigenvalue weighted by molar-refractivity contribution is -0.123. The summed E-state index contributed by atoms with van der Waals surface area (Å²) in [5.41, 5.74) is 0.925. The van der Waals surface area contributed by atoms with Crippen LogP contribution in [0.5, 0.6) is 0 Å². The van der Waals surface area contributed by atoms with Crippen LogP contribution in [0.4, 0.5) is 5.69 Å². The van der Waals surface area contributed by atoms with E-state index in [1.54, 1.807) is 24.3 Å². The molecular formula is C26H33NO4. The number of carbonyl (C=O) groups excluding carboxylic acids is 3. The average molecular weight is 424 g/mol. The summed E-state index contributed by atoms with van der Waals surface area (Å²) in [5, 5.41) is 0. The van der Waals surface area contributed by atoms with E-state index in [0.29, 0.717) is 40.8 Å². The minimum absolute atomic E-state index is 0.0753. The van der Waals surface area contributed by atoms with E-state index >= 15 is 0 Å². The van der Waals surface area contributed by atoms with Crippen molar-refractivity contribution in [2.75, 3.05) is 4.90 Å². The number of hydrogen-bond acceptors (Lipinski definition) is 4. The topological polar surface area (TPSA) is 63.7 Å². The first-order valence-electron chi connectivity index (χ1n) is 12.0. The predicted molar refractivity (Wildman–Crippen MR) is 117 cm³/mol. The van der Waals surface area contributed by atoms with E-state index in [2.05, 4.69) is 20.8 Å². The lowest BCUT2D eigenvalue weighted by Gasteiger charge is -2.36. The Kier molecular flexibility index (Phi) is 5.18. The van der Waals surface area contributed by atoms with Crippen molar-refractivity contribution in [3.05, 3.63) is 29.8 Å². The number of nitrogens with zero attached hydrogens (tertiary/aromatic N) is 1. The third kappa shape index (κ3) is 3.41. The number of ether oxygens (including phenoxy) is 1. The summed E-state index contributed by atoms with van der Waals surface area (Å²) in [6.07, 6.45) is 6.20. The molecule has 1 aromatic rings. The number of carbonyl (C=O) groups is 3. The molecule has 2 bridgehead atoms. The predicted octanol–water partition coefficient (Wildman–Crippen LogP) is 4.84. The second kappa shape index (κ2) is 7.75. The van der Waals surface area contributed by atoms with Crippen molar-refractivity contribution in [2.24, 2.45) is 41.4 Å². The first-order chi connectivity index (χ1) is 14.8. The summed E-state index contributed by atoms with van der Waals surface area (Å²) in [4.78, 5) is 40.6. The quantitative estimate of drug-likeness (QED) is 0.513. The number of benzene rings is 1. The Bertz CT molecular complexity index is 880. The van der Waals surface area contributed by atoms with Crippen molar-refractivity contribution >= 4 is 23.5 Å². The largest absolute Gasteiger partial charge is 0.458 e. The minimum Gasteiger partial charge on any atom is -0.458 e. The van der Waals surface area contributed by atoms with E-state index in [1.807, 2.05) is 0 Å². The Morgan fingerprint density at radius 1 is 1.00 bits per heavy atom. The van der Waals surface area contributed by atoms with Crippen LogP contribution >= 0.6 is 0 Å². The molecule has 0 radical (unpaired) electrons. The van der Waals surface area contributed by atoms with Crippen LogP contribution in [-0.2, 0) is 14.3 Å². The van der Waals surface area contributed by atoms with Crippen molar-refractivity contribution in [1.82, 2.24) is 0 Å². The molecule has 4 fully saturated rings. The fourth-order valence-corrected chi connectivity index (χ4v) is 6.89. The first-order valence-corrected chi connectivity index (χ1v) is 12.0. The number of rotatable bonds is 4. The molecule has 0 N–H and O–H groups in total. The summed E-state index contributed by atoms with van der Waals surface area (Å²) >= 11 is 0. The second-order valence-corrected chi connectivity index (χ2v) is 10.7. The van der Waals surface area contributed by atoms with Crippen LogP contribution in [0.25, 0.3) is 0 Å². The summed E-state index contributed by atoms with van der Waals surface area (Å²) in [5.74, 6) is 1.28. The van der Waals surface area contributed by atoms with Gasteiger partial charge in [-0.1, -0.05) is 33.3 Å². The molecule has 1 aliphatic heterocycles. The van der Waals surface area contributed by atoms with Gasteiger partial charge < -0.3 is 4.74 Å².